The third-order valence-electron chi connectivity index (χ3n) is 6.84. The lowest BCUT2D eigenvalue weighted by atomic mass is 10.1. The Morgan fingerprint density at radius 3 is 2.62 bits per heavy atom. The second kappa shape index (κ2) is 11.1. The minimum Gasteiger partial charge on any atom is -0.380 e. The summed E-state index contributed by atoms with van der Waals surface area (Å²) in [5.41, 5.74) is 6.87. The normalized spacial score (nSPS) is 13.6. The molecule has 7 rings (SSSR count). The number of thiazole rings is 1. The number of rotatable bonds is 8. The molecule has 5 heterocycles. The molecule has 6 aromatic rings. The quantitative estimate of drug-likeness (QED) is 0.211. The Hall–Kier alpha value is -4.25. The molecular formula is C30H27N7OS2. The van der Waals surface area contributed by atoms with Gasteiger partial charge in [-0.05, 0) is 53.9 Å². The summed E-state index contributed by atoms with van der Waals surface area (Å²) in [6, 6.07) is 23.0. The number of ether oxygens (including phenoxy) is 1. The third-order valence-corrected chi connectivity index (χ3v) is 8.48. The second-order valence-electron chi connectivity index (χ2n) is 9.42. The average molecular weight is 566 g/mol. The molecule has 1 aliphatic heterocycles. The van der Waals surface area contributed by atoms with Crippen LogP contribution < -0.4 is 15.5 Å². The summed E-state index contributed by atoms with van der Waals surface area (Å²) in [5, 5.41) is 11.1. The third kappa shape index (κ3) is 5.16. The molecule has 40 heavy (non-hydrogen) atoms. The van der Waals surface area contributed by atoms with Gasteiger partial charge in [-0.15, -0.1) is 22.7 Å². The van der Waals surface area contributed by atoms with Crippen LogP contribution >= 0.6 is 22.7 Å². The first kappa shape index (κ1) is 24.8. The van der Waals surface area contributed by atoms with Crippen molar-refractivity contribution in [1.82, 2.24) is 19.4 Å². The first-order chi connectivity index (χ1) is 19.8. The molecule has 1 fully saturated rings. The Labute approximate surface area is 240 Å². The van der Waals surface area contributed by atoms with Gasteiger partial charge in [-0.3, -0.25) is 4.40 Å². The maximum atomic E-state index is 5.48. The fourth-order valence-corrected chi connectivity index (χ4v) is 6.23. The van der Waals surface area contributed by atoms with Gasteiger partial charge >= 0.3 is 0 Å². The first-order valence-electron chi connectivity index (χ1n) is 13.2. The van der Waals surface area contributed by atoms with Crippen molar-refractivity contribution >= 4 is 50.6 Å². The second-order valence-corrected chi connectivity index (χ2v) is 11.3. The summed E-state index contributed by atoms with van der Waals surface area (Å²) in [6.07, 6.45) is 3.84. The molecule has 200 valence electrons. The highest BCUT2D eigenvalue weighted by atomic mass is 32.1. The Kier molecular flexibility index (Phi) is 6.86. The van der Waals surface area contributed by atoms with E-state index in [1.807, 2.05) is 17.6 Å². The minimum absolute atomic E-state index is 0.541. The molecular weight excluding hydrogens is 539 g/mol. The Balaban J connectivity index is 1.17. The van der Waals surface area contributed by atoms with Crippen molar-refractivity contribution in [1.29, 1.82) is 0 Å². The number of benzene rings is 2. The van der Waals surface area contributed by atoms with Gasteiger partial charge < -0.3 is 20.3 Å². The highest BCUT2D eigenvalue weighted by molar-refractivity contribution is 7.15. The number of hydrogen-bond acceptors (Lipinski definition) is 9. The lowest BCUT2D eigenvalue weighted by Crippen LogP contribution is -2.36. The lowest BCUT2D eigenvalue weighted by molar-refractivity contribution is 0.122. The molecule has 0 atom stereocenters. The standard InChI is InChI=1S/C30H27N7OS2/c1-3-21(19-23(4-1)32-20-25-5-2-17-39-25)27-28(37-14-18-40-30(37)35-27)26-10-11-31-29(34-26)33-22-6-8-24(9-7-22)36-12-15-38-16-13-36/h1-11,14,17-19,32H,12-13,15-16,20H2,(H,31,33,34). The molecule has 1 aliphatic rings. The number of morpholine rings is 1. The van der Waals surface area contributed by atoms with Gasteiger partial charge in [-0.1, -0.05) is 18.2 Å². The van der Waals surface area contributed by atoms with Crippen LogP contribution in [0.25, 0.3) is 27.6 Å². The van der Waals surface area contributed by atoms with Crippen LogP contribution in [-0.2, 0) is 11.3 Å². The van der Waals surface area contributed by atoms with E-state index in [1.54, 1.807) is 28.9 Å². The number of anilines is 4. The van der Waals surface area contributed by atoms with Crippen molar-refractivity contribution in [3.63, 3.8) is 0 Å². The van der Waals surface area contributed by atoms with Crippen LogP contribution in [-0.4, -0.2) is 45.7 Å². The number of hydrogen-bond donors (Lipinski definition) is 2. The number of aromatic nitrogens is 4. The molecule has 10 heteroatoms. The maximum absolute atomic E-state index is 5.48. The monoisotopic (exact) mass is 565 g/mol. The van der Waals surface area contributed by atoms with Gasteiger partial charge in [0.25, 0.3) is 0 Å². The van der Waals surface area contributed by atoms with E-state index in [2.05, 4.69) is 91.0 Å². The van der Waals surface area contributed by atoms with E-state index in [4.69, 9.17) is 14.7 Å². The van der Waals surface area contributed by atoms with Crippen LogP contribution in [0.4, 0.5) is 23.0 Å². The number of fused-ring (bicyclic) bond motifs is 1. The minimum atomic E-state index is 0.541. The van der Waals surface area contributed by atoms with Crippen molar-refractivity contribution in [3.8, 4) is 22.6 Å². The average Bonchev–Trinajstić information content (AvgIpc) is 3.76. The topological polar surface area (TPSA) is 79.6 Å². The smallest absolute Gasteiger partial charge is 0.227 e. The fourth-order valence-electron chi connectivity index (χ4n) is 4.87. The number of thiophene rings is 1. The fraction of sp³-hybridized carbons (Fsp3) is 0.167. The molecule has 4 aromatic heterocycles. The summed E-state index contributed by atoms with van der Waals surface area (Å²) in [4.78, 5) is 19.0. The molecule has 0 radical (unpaired) electrons. The first-order valence-corrected chi connectivity index (χ1v) is 14.9. The van der Waals surface area contributed by atoms with Gasteiger partial charge in [0.1, 0.15) is 5.69 Å². The van der Waals surface area contributed by atoms with Crippen LogP contribution in [0.15, 0.2) is 89.9 Å². The Morgan fingerprint density at radius 1 is 0.875 bits per heavy atom. The predicted molar refractivity (Wildman–Crippen MR) is 164 cm³/mol. The molecule has 0 aliphatic carbocycles. The van der Waals surface area contributed by atoms with Crippen LogP contribution in [0.1, 0.15) is 4.88 Å². The van der Waals surface area contributed by atoms with Crippen molar-refractivity contribution < 1.29 is 4.74 Å². The van der Waals surface area contributed by atoms with E-state index in [0.717, 1.165) is 71.8 Å². The van der Waals surface area contributed by atoms with Gasteiger partial charge in [-0.2, -0.15) is 0 Å². The largest absolute Gasteiger partial charge is 0.380 e. The van der Waals surface area contributed by atoms with Gasteiger partial charge in [0.2, 0.25) is 5.95 Å². The highest BCUT2D eigenvalue weighted by Crippen LogP contribution is 2.35. The molecule has 2 N–H and O–H groups in total. The number of imidazole rings is 1. The zero-order valence-corrected chi connectivity index (χ0v) is 23.3. The maximum Gasteiger partial charge on any atom is 0.227 e. The predicted octanol–water partition coefficient (Wildman–Crippen LogP) is 6.77. The SMILES string of the molecule is c1cc(NCc2cccs2)cc(-c2nc3sccn3c2-c2ccnc(Nc3ccc(N4CCOCC4)cc3)n2)c1. The van der Waals surface area contributed by atoms with Gasteiger partial charge in [0, 0.05) is 64.9 Å². The summed E-state index contributed by atoms with van der Waals surface area (Å²) < 4.78 is 7.58. The van der Waals surface area contributed by atoms with Gasteiger partial charge in [0.15, 0.2) is 4.96 Å². The van der Waals surface area contributed by atoms with Crippen LogP contribution in [0.3, 0.4) is 0 Å². The van der Waals surface area contributed by atoms with Crippen molar-refractivity contribution in [2.75, 3.05) is 41.8 Å². The Bertz CT molecular complexity index is 1720. The Morgan fingerprint density at radius 2 is 1.77 bits per heavy atom. The van der Waals surface area contributed by atoms with E-state index in [0.29, 0.717) is 5.95 Å². The van der Waals surface area contributed by atoms with Crippen LogP contribution in [0, 0.1) is 0 Å². The lowest BCUT2D eigenvalue weighted by Gasteiger charge is -2.28. The van der Waals surface area contributed by atoms with E-state index in [9.17, 15) is 0 Å². The molecule has 2 aromatic carbocycles. The molecule has 0 saturated carbocycles. The number of nitrogens with zero attached hydrogens (tertiary/aromatic N) is 5. The summed E-state index contributed by atoms with van der Waals surface area (Å²) >= 11 is 3.36. The zero-order chi connectivity index (χ0) is 26.7. The molecule has 0 unspecified atom stereocenters. The summed E-state index contributed by atoms with van der Waals surface area (Å²) in [5.74, 6) is 0.541. The van der Waals surface area contributed by atoms with Crippen LogP contribution in [0.2, 0.25) is 0 Å². The van der Waals surface area contributed by atoms with Gasteiger partial charge in [-0.25, -0.2) is 15.0 Å². The molecule has 1 saturated heterocycles. The zero-order valence-electron chi connectivity index (χ0n) is 21.7. The van der Waals surface area contributed by atoms with Crippen LogP contribution in [0.5, 0.6) is 0 Å². The molecule has 0 spiro atoms. The molecule has 0 amide bonds. The molecule has 8 nitrogen and oxygen atoms in total. The summed E-state index contributed by atoms with van der Waals surface area (Å²) in [6.45, 7) is 4.16. The number of nitrogens with one attached hydrogen (secondary N) is 2. The molecule has 0 bridgehead atoms. The summed E-state index contributed by atoms with van der Waals surface area (Å²) in [7, 11) is 0. The van der Waals surface area contributed by atoms with Gasteiger partial charge in [0.05, 0.1) is 24.6 Å². The van der Waals surface area contributed by atoms with E-state index in [-0.39, 0.29) is 0 Å². The van der Waals surface area contributed by atoms with E-state index < -0.39 is 0 Å². The van der Waals surface area contributed by atoms with Crippen molar-refractivity contribution in [3.05, 3.63) is 94.8 Å². The van der Waals surface area contributed by atoms with E-state index in [1.165, 1.54) is 10.6 Å². The van der Waals surface area contributed by atoms with E-state index >= 15 is 0 Å². The highest BCUT2D eigenvalue weighted by Gasteiger charge is 2.19. The van der Waals surface area contributed by atoms with Crippen molar-refractivity contribution in [2.24, 2.45) is 0 Å². The van der Waals surface area contributed by atoms with Crippen molar-refractivity contribution in [2.45, 2.75) is 6.54 Å².